The van der Waals surface area contributed by atoms with Crippen LogP contribution >= 0.6 is 12.4 Å². The Morgan fingerprint density at radius 3 is 2.50 bits per heavy atom. The van der Waals surface area contributed by atoms with E-state index >= 15 is 0 Å². The Kier molecular flexibility index (Phi) is 9.77. The summed E-state index contributed by atoms with van der Waals surface area (Å²) in [6, 6.07) is 4.98. The third-order valence-electron chi connectivity index (χ3n) is 3.30. The number of halogens is 4. The van der Waals surface area contributed by atoms with Crippen LogP contribution in [0.25, 0.3) is 0 Å². The zero-order valence-electron chi connectivity index (χ0n) is 13.7. The summed E-state index contributed by atoms with van der Waals surface area (Å²) < 4.78 is 44.2. The van der Waals surface area contributed by atoms with Crippen molar-refractivity contribution in [3.63, 3.8) is 0 Å². The lowest BCUT2D eigenvalue weighted by atomic mass is 10.1. The molecule has 0 spiro atoms. The van der Waals surface area contributed by atoms with Crippen molar-refractivity contribution in [2.75, 3.05) is 6.54 Å². The van der Waals surface area contributed by atoms with Crippen molar-refractivity contribution >= 4 is 18.3 Å². The van der Waals surface area contributed by atoms with E-state index in [1.807, 2.05) is 0 Å². The van der Waals surface area contributed by atoms with E-state index in [-0.39, 0.29) is 43.1 Å². The minimum atomic E-state index is -4.48. The van der Waals surface area contributed by atoms with Crippen molar-refractivity contribution in [1.29, 1.82) is 0 Å². The summed E-state index contributed by atoms with van der Waals surface area (Å²) in [6.07, 6.45) is -3.69. The predicted octanol–water partition coefficient (Wildman–Crippen LogP) is 3.53. The van der Waals surface area contributed by atoms with Crippen molar-refractivity contribution in [2.45, 2.75) is 51.4 Å². The number of rotatable bonds is 8. The maximum Gasteiger partial charge on any atom is 0.419 e. The Bertz CT molecular complexity index is 510. The molecule has 1 aromatic carbocycles. The molecule has 0 aliphatic rings. The van der Waals surface area contributed by atoms with Crippen LogP contribution < -0.4 is 15.8 Å². The van der Waals surface area contributed by atoms with Gasteiger partial charge in [0.05, 0.1) is 12.1 Å². The lowest BCUT2D eigenvalue weighted by molar-refractivity contribution is -0.139. The molecular weight excluding hydrogens is 345 g/mol. The summed E-state index contributed by atoms with van der Waals surface area (Å²) in [4.78, 5) is 11.6. The van der Waals surface area contributed by atoms with Gasteiger partial charge in [0.1, 0.15) is 11.9 Å². The summed E-state index contributed by atoms with van der Waals surface area (Å²) in [5.41, 5.74) is 4.75. The second-order valence-corrected chi connectivity index (χ2v) is 5.46. The highest BCUT2D eigenvalue weighted by atomic mass is 35.5. The fraction of sp³-hybridized carbons (Fsp3) is 0.562. The van der Waals surface area contributed by atoms with Gasteiger partial charge in [-0.2, -0.15) is 13.2 Å². The minimum absolute atomic E-state index is 0. The number of alkyl halides is 3. The van der Waals surface area contributed by atoms with E-state index in [9.17, 15) is 18.0 Å². The van der Waals surface area contributed by atoms with Crippen LogP contribution in [-0.4, -0.2) is 24.6 Å². The molecule has 0 saturated heterocycles. The largest absolute Gasteiger partial charge is 0.488 e. The molecule has 0 radical (unpaired) electrons. The molecule has 0 fully saturated rings. The fourth-order valence-corrected chi connectivity index (χ4v) is 1.93. The van der Waals surface area contributed by atoms with Gasteiger partial charge in [-0.1, -0.05) is 19.1 Å². The lowest BCUT2D eigenvalue weighted by Gasteiger charge is -2.21. The number of hydrogen-bond acceptors (Lipinski definition) is 3. The molecule has 8 heteroatoms. The van der Waals surface area contributed by atoms with Crippen molar-refractivity contribution in [3.05, 3.63) is 29.8 Å². The van der Waals surface area contributed by atoms with E-state index in [0.29, 0.717) is 12.8 Å². The number of ether oxygens (including phenoxy) is 1. The number of nitrogens with one attached hydrogen (secondary N) is 1. The molecule has 1 amide bonds. The first kappa shape index (κ1) is 22.5. The molecule has 2 atom stereocenters. The second kappa shape index (κ2) is 10.4. The van der Waals surface area contributed by atoms with E-state index in [4.69, 9.17) is 10.5 Å². The number of hydrogen-bond donors (Lipinski definition) is 2. The van der Waals surface area contributed by atoms with Gasteiger partial charge >= 0.3 is 6.18 Å². The predicted molar refractivity (Wildman–Crippen MR) is 89.3 cm³/mol. The first-order valence-corrected chi connectivity index (χ1v) is 7.59. The molecule has 1 aromatic rings. The zero-order valence-corrected chi connectivity index (χ0v) is 14.5. The highest BCUT2D eigenvalue weighted by molar-refractivity contribution is 5.85. The third kappa shape index (κ3) is 7.88. The molecule has 3 N–H and O–H groups in total. The topological polar surface area (TPSA) is 64.4 Å². The van der Waals surface area contributed by atoms with Crippen molar-refractivity contribution in [2.24, 2.45) is 5.73 Å². The second-order valence-electron chi connectivity index (χ2n) is 5.46. The number of carbonyl (C=O) groups is 1. The Labute approximate surface area is 146 Å². The minimum Gasteiger partial charge on any atom is -0.488 e. The SMILES string of the molecule is CCC(CNC(=O)CCC(C)N)Oc1ccccc1C(F)(F)F.Cl. The van der Waals surface area contributed by atoms with Crippen LogP contribution in [0.2, 0.25) is 0 Å². The molecule has 4 nitrogen and oxygen atoms in total. The van der Waals surface area contributed by atoms with Crippen LogP contribution in [0.15, 0.2) is 24.3 Å². The Morgan fingerprint density at radius 1 is 1.33 bits per heavy atom. The van der Waals surface area contributed by atoms with Crippen molar-refractivity contribution in [1.82, 2.24) is 5.32 Å². The summed E-state index contributed by atoms with van der Waals surface area (Å²) in [7, 11) is 0. The van der Waals surface area contributed by atoms with Gasteiger partial charge in [-0.15, -0.1) is 12.4 Å². The van der Waals surface area contributed by atoms with E-state index < -0.39 is 17.8 Å². The molecule has 0 aliphatic heterocycles. The average molecular weight is 369 g/mol. The quantitative estimate of drug-likeness (QED) is 0.737. The normalized spacial score (nSPS) is 13.6. The summed E-state index contributed by atoms with van der Waals surface area (Å²) in [5.74, 6) is -0.412. The molecule has 0 bridgehead atoms. The highest BCUT2D eigenvalue weighted by Crippen LogP contribution is 2.36. The molecule has 138 valence electrons. The lowest BCUT2D eigenvalue weighted by Crippen LogP contribution is -2.35. The van der Waals surface area contributed by atoms with Crippen LogP contribution in [0, 0.1) is 0 Å². The van der Waals surface area contributed by atoms with Crippen molar-refractivity contribution < 1.29 is 22.7 Å². The van der Waals surface area contributed by atoms with E-state index in [1.54, 1.807) is 13.8 Å². The van der Waals surface area contributed by atoms with Crippen LogP contribution in [0.5, 0.6) is 5.75 Å². The summed E-state index contributed by atoms with van der Waals surface area (Å²) >= 11 is 0. The standard InChI is InChI=1S/C16H23F3N2O2.ClH/c1-3-12(10-21-15(22)9-8-11(2)20)23-14-7-5-4-6-13(14)16(17,18)19;/h4-7,11-12H,3,8-10,20H2,1-2H3,(H,21,22);1H. The number of nitrogens with two attached hydrogens (primary N) is 1. The molecule has 1 rings (SSSR count). The summed E-state index contributed by atoms with van der Waals surface area (Å²) in [6.45, 7) is 3.74. The molecule has 24 heavy (non-hydrogen) atoms. The molecule has 0 aliphatic carbocycles. The Hall–Kier alpha value is -1.47. The molecule has 0 saturated carbocycles. The van der Waals surface area contributed by atoms with Crippen LogP contribution in [0.1, 0.15) is 38.7 Å². The van der Waals surface area contributed by atoms with Gasteiger partial charge in [0.15, 0.2) is 0 Å². The van der Waals surface area contributed by atoms with Gasteiger partial charge in [-0.3, -0.25) is 4.79 Å². The fourth-order valence-electron chi connectivity index (χ4n) is 1.93. The Balaban J connectivity index is 0.00000529. The molecule has 2 unspecified atom stereocenters. The monoisotopic (exact) mass is 368 g/mol. The maximum absolute atomic E-state index is 12.9. The number of para-hydroxylation sites is 1. The number of amides is 1. The Morgan fingerprint density at radius 2 is 1.96 bits per heavy atom. The van der Waals surface area contributed by atoms with Gasteiger partial charge in [-0.25, -0.2) is 0 Å². The van der Waals surface area contributed by atoms with E-state index in [1.165, 1.54) is 18.2 Å². The first-order chi connectivity index (χ1) is 10.7. The average Bonchev–Trinajstić information content (AvgIpc) is 2.48. The number of benzene rings is 1. The smallest absolute Gasteiger partial charge is 0.419 e. The van der Waals surface area contributed by atoms with E-state index in [2.05, 4.69) is 5.32 Å². The third-order valence-corrected chi connectivity index (χ3v) is 3.30. The number of carbonyl (C=O) groups excluding carboxylic acids is 1. The van der Waals surface area contributed by atoms with Gasteiger partial charge in [0.2, 0.25) is 5.91 Å². The zero-order chi connectivity index (χ0) is 17.5. The molecular formula is C16H24ClF3N2O2. The summed E-state index contributed by atoms with van der Waals surface area (Å²) in [5, 5.41) is 2.67. The van der Waals surface area contributed by atoms with Gasteiger partial charge in [0, 0.05) is 12.5 Å². The van der Waals surface area contributed by atoms with E-state index in [0.717, 1.165) is 6.07 Å². The van der Waals surface area contributed by atoms with Crippen LogP contribution in [0.4, 0.5) is 13.2 Å². The van der Waals surface area contributed by atoms with Gasteiger partial charge < -0.3 is 15.8 Å². The first-order valence-electron chi connectivity index (χ1n) is 7.59. The highest BCUT2D eigenvalue weighted by Gasteiger charge is 2.34. The van der Waals surface area contributed by atoms with Gasteiger partial charge in [-0.05, 0) is 31.9 Å². The maximum atomic E-state index is 12.9. The van der Waals surface area contributed by atoms with Crippen LogP contribution in [-0.2, 0) is 11.0 Å². The van der Waals surface area contributed by atoms with Crippen molar-refractivity contribution in [3.8, 4) is 5.75 Å². The van der Waals surface area contributed by atoms with Gasteiger partial charge in [0.25, 0.3) is 0 Å². The molecule has 0 heterocycles. The van der Waals surface area contributed by atoms with Crippen LogP contribution in [0.3, 0.4) is 0 Å². The molecule has 0 aromatic heterocycles.